The topological polar surface area (TPSA) is 95.6 Å². The van der Waals surface area contributed by atoms with Gasteiger partial charge in [0.25, 0.3) is 5.91 Å². The van der Waals surface area contributed by atoms with Gasteiger partial charge in [0.05, 0.1) is 17.9 Å². The number of nitrogens with one attached hydrogen (secondary N) is 2. The summed E-state index contributed by atoms with van der Waals surface area (Å²) in [4.78, 5) is 26.9. The molecule has 0 saturated carbocycles. The number of nitrogens with zero attached hydrogens (tertiary/aromatic N) is 1. The van der Waals surface area contributed by atoms with Gasteiger partial charge in [-0.05, 0) is 55.3 Å². The molecule has 0 bridgehead atoms. The molecule has 0 spiro atoms. The highest BCUT2D eigenvalue weighted by molar-refractivity contribution is 7.92. The van der Waals surface area contributed by atoms with Crippen LogP contribution in [0.5, 0.6) is 0 Å². The van der Waals surface area contributed by atoms with E-state index < -0.39 is 15.8 Å². The molecule has 0 aliphatic carbocycles. The summed E-state index contributed by atoms with van der Waals surface area (Å²) >= 11 is 0. The summed E-state index contributed by atoms with van der Waals surface area (Å²) in [6.07, 6.45) is 2.37. The van der Waals surface area contributed by atoms with Gasteiger partial charge in [0.2, 0.25) is 15.9 Å². The molecule has 154 valence electrons. The van der Waals surface area contributed by atoms with E-state index in [1.54, 1.807) is 23.1 Å². The summed E-state index contributed by atoms with van der Waals surface area (Å²) in [5.74, 6) is -1.27. The molecule has 9 heteroatoms. The van der Waals surface area contributed by atoms with Gasteiger partial charge >= 0.3 is 0 Å². The summed E-state index contributed by atoms with van der Waals surface area (Å²) in [6, 6.07) is 11.7. The molecule has 1 unspecified atom stereocenters. The number of carbonyl (C=O) groups is 2. The quantitative estimate of drug-likeness (QED) is 0.779. The highest BCUT2D eigenvalue weighted by atomic mass is 32.2. The molecule has 29 heavy (non-hydrogen) atoms. The third kappa shape index (κ3) is 5.77. The molecule has 1 saturated heterocycles. The summed E-state index contributed by atoms with van der Waals surface area (Å²) in [7, 11) is -3.42. The maximum atomic E-state index is 13.1. The number of rotatable bonds is 5. The van der Waals surface area contributed by atoms with Crippen molar-refractivity contribution in [2.75, 3.05) is 29.4 Å². The Kier molecular flexibility index (Phi) is 6.17. The number of sulfonamides is 1. The molecule has 1 fully saturated rings. The zero-order valence-corrected chi connectivity index (χ0v) is 16.7. The van der Waals surface area contributed by atoms with Crippen LogP contribution in [-0.2, 0) is 14.8 Å². The molecule has 1 atom stereocenters. The number of anilines is 2. The second-order valence-corrected chi connectivity index (χ2v) is 8.79. The van der Waals surface area contributed by atoms with E-state index in [1.165, 1.54) is 30.3 Å². The van der Waals surface area contributed by atoms with E-state index in [0.717, 1.165) is 6.26 Å². The van der Waals surface area contributed by atoms with Crippen molar-refractivity contribution in [3.05, 3.63) is 59.9 Å². The highest BCUT2D eigenvalue weighted by Crippen LogP contribution is 2.22. The van der Waals surface area contributed by atoms with Crippen LogP contribution in [0.3, 0.4) is 0 Å². The van der Waals surface area contributed by atoms with Gasteiger partial charge in [0, 0.05) is 24.3 Å². The first-order chi connectivity index (χ1) is 13.7. The van der Waals surface area contributed by atoms with Gasteiger partial charge in [-0.25, -0.2) is 12.8 Å². The monoisotopic (exact) mass is 419 g/mol. The minimum Gasteiger partial charge on any atom is -0.338 e. The number of piperidine rings is 1. The number of hydrogen-bond acceptors (Lipinski definition) is 4. The van der Waals surface area contributed by atoms with Crippen molar-refractivity contribution in [1.82, 2.24) is 4.90 Å². The van der Waals surface area contributed by atoms with Gasteiger partial charge in [0.15, 0.2) is 0 Å². The highest BCUT2D eigenvalue weighted by Gasteiger charge is 2.29. The van der Waals surface area contributed by atoms with Gasteiger partial charge in [-0.3, -0.25) is 14.3 Å². The first-order valence-electron chi connectivity index (χ1n) is 9.15. The largest absolute Gasteiger partial charge is 0.338 e. The number of benzene rings is 2. The minimum atomic E-state index is -3.42. The predicted octanol–water partition coefficient (Wildman–Crippen LogP) is 2.69. The Morgan fingerprint density at radius 2 is 1.79 bits per heavy atom. The smallest absolute Gasteiger partial charge is 0.253 e. The van der Waals surface area contributed by atoms with Crippen LogP contribution in [0.1, 0.15) is 23.2 Å². The maximum Gasteiger partial charge on any atom is 0.253 e. The van der Waals surface area contributed by atoms with Crippen molar-refractivity contribution in [1.29, 1.82) is 0 Å². The van der Waals surface area contributed by atoms with Crippen LogP contribution in [0.4, 0.5) is 15.8 Å². The van der Waals surface area contributed by atoms with Crippen LogP contribution in [0.15, 0.2) is 48.5 Å². The molecule has 1 aliphatic heterocycles. The molecule has 7 nitrogen and oxygen atoms in total. The van der Waals surface area contributed by atoms with Crippen molar-refractivity contribution >= 4 is 33.2 Å². The lowest BCUT2D eigenvalue weighted by molar-refractivity contribution is -0.121. The Balaban J connectivity index is 1.64. The van der Waals surface area contributed by atoms with E-state index in [9.17, 15) is 22.4 Å². The number of carbonyl (C=O) groups excluding carboxylic acids is 2. The molecule has 2 aromatic carbocycles. The second kappa shape index (κ2) is 8.60. The average Bonchev–Trinajstić information content (AvgIpc) is 2.67. The van der Waals surface area contributed by atoms with E-state index >= 15 is 0 Å². The molecule has 2 amide bonds. The number of likely N-dealkylation sites (tertiary alicyclic amines) is 1. The van der Waals surface area contributed by atoms with Crippen LogP contribution >= 0.6 is 0 Å². The van der Waals surface area contributed by atoms with Crippen LogP contribution in [-0.4, -0.2) is 44.5 Å². The van der Waals surface area contributed by atoms with Gasteiger partial charge in [-0.15, -0.1) is 0 Å². The van der Waals surface area contributed by atoms with Gasteiger partial charge < -0.3 is 10.2 Å². The second-order valence-electron chi connectivity index (χ2n) is 7.04. The van der Waals surface area contributed by atoms with E-state index in [1.807, 2.05) is 0 Å². The standard InChI is InChI=1S/C20H22FN3O4S/c1-29(27,28)23-18-6-2-5-17(12-18)22-19(25)15-4-3-11-24(13-15)20(26)14-7-9-16(21)10-8-14/h2,5-10,12,15,23H,3-4,11,13H2,1H3,(H,22,25). The van der Waals surface area contributed by atoms with E-state index in [0.29, 0.717) is 36.3 Å². The zero-order valence-electron chi connectivity index (χ0n) is 15.9. The first kappa shape index (κ1) is 20.8. The number of halogens is 1. The molecular formula is C20H22FN3O4S. The summed E-state index contributed by atoms with van der Waals surface area (Å²) in [5.41, 5.74) is 1.19. The zero-order chi connectivity index (χ0) is 21.0. The Labute approximate surface area is 169 Å². The Morgan fingerprint density at radius 3 is 2.48 bits per heavy atom. The van der Waals surface area contributed by atoms with Gasteiger partial charge in [0.1, 0.15) is 5.82 Å². The molecule has 0 aromatic heterocycles. The molecule has 3 rings (SSSR count). The Hall–Kier alpha value is -2.94. The third-order valence-electron chi connectivity index (χ3n) is 4.60. The van der Waals surface area contributed by atoms with Crippen molar-refractivity contribution in [3.8, 4) is 0 Å². The summed E-state index contributed by atoms with van der Waals surface area (Å²) < 4.78 is 38.2. The normalized spacial score (nSPS) is 16.9. The predicted molar refractivity (Wildman–Crippen MR) is 109 cm³/mol. The molecule has 0 radical (unpaired) electrons. The molecular weight excluding hydrogens is 397 g/mol. The minimum absolute atomic E-state index is 0.234. The third-order valence-corrected chi connectivity index (χ3v) is 5.21. The average molecular weight is 419 g/mol. The fourth-order valence-corrected chi connectivity index (χ4v) is 3.82. The van der Waals surface area contributed by atoms with E-state index in [4.69, 9.17) is 0 Å². The summed E-state index contributed by atoms with van der Waals surface area (Å²) in [6.45, 7) is 0.803. The van der Waals surface area contributed by atoms with Gasteiger partial charge in [-0.1, -0.05) is 6.07 Å². The van der Waals surface area contributed by atoms with Crippen LogP contribution in [0.25, 0.3) is 0 Å². The molecule has 2 aromatic rings. The lowest BCUT2D eigenvalue weighted by Gasteiger charge is -2.32. The van der Waals surface area contributed by atoms with Crippen molar-refractivity contribution in [3.63, 3.8) is 0 Å². The first-order valence-corrected chi connectivity index (χ1v) is 11.0. The van der Waals surface area contributed by atoms with Gasteiger partial charge in [-0.2, -0.15) is 0 Å². The van der Waals surface area contributed by atoms with Crippen molar-refractivity contribution < 1.29 is 22.4 Å². The Morgan fingerprint density at radius 1 is 1.10 bits per heavy atom. The van der Waals surface area contributed by atoms with Crippen molar-refractivity contribution in [2.24, 2.45) is 5.92 Å². The van der Waals surface area contributed by atoms with E-state index in [-0.39, 0.29) is 24.3 Å². The summed E-state index contributed by atoms with van der Waals surface area (Å²) in [5, 5.41) is 2.78. The number of hydrogen-bond donors (Lipinski definition) is 2. The van der Waals surface area contributed by atoms with Crippen LogP contribution in [0, 0.1) is 11.7 Å². The SMILES string of the molecule is CS(=O)(=O)Nc1cccc(NC(=O)C2CCCN(C(=O)c3ccc(F)cc3)C2)c1. The van der Waals surface area contributed by atoms with E-state index in [2.05, 4.69) is 10.0 Å². The lowest BCUT2D eigenvalue weighted by Crippen LogP contribution is -2.43. The lowest BCUT2D eigenvalue weighted by atomic mass is 9.96. The Bertz CT molecular complexity index is 1010. The fourth-order valence-electron chi connectivity index (χ4n) is 3.27. The fraction of sp³-hybridized carbons (Fsp3) is 0.300. The molecule has 2 N–H and O–H groups in total. The molecule has 1 heterocycles. The number of amides is 2. The van der Waals surface area contributed by atoms with Crippen molar-refractivity contribution in [2.45, 2.75) is 12.8 Å². The maximum absolute atomic E-state index is 13.1. The molecule has 1 aliphatic rings. The van der Waals surface area contributed by atoms with Crippen LogP contribution in [0.2, 0.25) is 0 Å². The van der Waals surface area contributed by atoms with Crippen LogP contribution < -0.4 is 10.0 Å².